The average Bonchev–Trinajstić information content (AvgIpc) is 2.17. The fraction of sp³-hybridized carbons (Fsp3) is 0.667. The van der Waals surface area contributed by atoms with Crippen molar-refractivity contribution in [3.8, 4) is 0 Å². The molecular weight excluding hydrogens is 146 g/mol. The first kappa shape index (κ1) is 8.00. The van der Waals surface area contributed by atoms with Crippen molar-refractivity contribution in [2.75, 3.05) is 7.05 Å². The highest BCUT2D eigenvalue weighted by atomic mass is 16.2. The lowest BCUT2D eigenvalue weighted by molar-refractivity contribution is -0.133. The Morgan fingerprint density at radius 3 is 2.45 bits per heavy atom. The van der Waals surface area contributed by atoms with E-state index in [2.05, 4.69) is 0 Å². The van der Waals surface area contributed by atoms with E-state index in [1.165, 1.54) is 11.9 Å². The van der Waals surface area contributed by atoms with Gasteiger partial charge in [0, 0.05) is 13.5 Å². The summed E-state index contributed by atoms with van der Waals surface area (Å²) >= 11 is 0. The highest BCUT2D eigenvalue weighted by molar-refractivity contribution is 5.92. The minimum Gasteiger partial charge on any atom is -0.368 e. The Balaban J connectivity index is 2.75. The molecule has 2 unspecified atom stereocenters. The zero-order chi connectivity index (χ0) is 8.59. The van der Waals surface area contributed by atoms with Crippen LogP contribution in [0.3, 0.4) is 0 Å². The number of likely N-dealkylation sites (tertiary alicyclic amines) is 1. The van der Waals surface area contributed by atoms with Crippen molar-refractivity contribution in [1.29, 1.82) is 0 Å². The van der Waals surface area contributed by atoms with Crippen molar-refractivity contribution in [3.05, 3.63) is 0 Å². The van der Waals surface area contributed by atoms with Crippen LogP contribution in [-0.4, -0.2) is 35.8 Å². The Hall–Kier alpha value is -1.10. The van der Waals surface area contributed by atoms with E-state index in [0.717, 1.165) is 0 Å². The number of carbonyl (C=O) groups is 2. The fourth-order valence-corrected chi connectivity index (χ4v) is 1.22. The van der Waals surface area contributed by atoms with E-state index in [9.17, 15) is 9.59 Å². The van der Waals surface area contributed by atoms with Crippen LogP contribution in [-0.2, 0) is 9.59 Å². The van der Waals surface area contributed by atoms with Gasteiger partial charge in [-0.3, -0.25) is 9.59 Å². The number of amides is 2. The van der Waals surface area contributed by atoms with Crippen molar-refractivity contribution >= 4 is 11.8 Å². The molecule has 1 rings (SSSR count). The minimum absolute atomic E-state index is 0.214. The number of carbonyl (C=O) groups excluding carboxylic acids is 2. The Morgan fingerprint density at radius 1 is 1.73 bits per heavy atom. The molecule has 2 atom stereocenters. The zero-order valence-corrected chi connectivity index (χ0v) is 6.28. The standard InChI is InChI=1S/C6H11N3O2/c1-9-4(5(8)10)2-3(7)6(9)11/h3-4H,2,7H2,1H3,(H2,8,10). The number of hydrogen-bond donors (Lipinski definition) is 2. The van der Waals surface area contributed by atoms with Crippen molar-refractivity contribution in [1.82, 2.24) is 4.90 Å². The van der Waals surface area contributed by atoms with Crippen molar-refractivity contribution in [3.63, 3.8) is 0 Å². The van der Waals surface area contributed by atoms with Crippen LogP contribution < -0.4 is 11.5 Å². The summed E-state index contributed by atoms with van der Waals surface area (Å²) in [5.41, 5.74) is 10.4. The molecule has 1 aliphatic heterocycles. The number of hydrogen-bond acceptors (Lipinski definition) is 3. The molecule has 0 radical (unpaired) electrons. The van der Waals surface area contributed by atoms with Crippen LogP contribution >= 0.6 is 0 Å². The van der Waals surface area contributed by atoms with Gasteiger partial charge in [0.15, 0.2) is 0 Å². The van der Waals surface area contributed by atoms with E-state index in [1.54, 1.807) is 0 Å². The largest absolute Gasteiger partial charge is 0.368 e. The van der Waals surface area contributed by atoms with E-state index in [1.807, 2.05) is 0 Å². The topological polar surface area (TPSA) is 89.4 Å². The number of likely N-dealkylation sites (N-methyl/N-ethyl adjacent to an activating group) is 1. The van der Waals surface area contributed by atoms with Gasteiger partial charge in [-0.25, -0.2) is 0 Å². The molecule has 4 N–H and O–H groups in total. The SMILES string of the molecule is CN1C(=O)C(N)CC1C(N)=O. The predicted molar refractivity (Wildman–Crippen MR) is 38.3 cm³/mol. The molecule has 2 amide bonds. The van der Waals surface area contributed by atoms with Gasteiger partial charge in [0.2, 0.25) is 11.8 Å². The molecule has 0 bridgehead atoms. The third kappa shape index (κ3) is 1.19. The van der Waals surface area contributed by atoms with E-state index >= 15 is 0 Å². The summed E-state index contributed by atoms with van der Waals surface area (Å²) in [7, 11) is 1.53. The van der Waals surface area contributed by atoms with Crippen LogP contribution in [0.1, 0.15) is 6.42 Å². The van der Waals surface area contributed by atoms with Crippen LogP contribution in [0, 0.1) is 0 Å². The van der Waals surface area contributed by atoms with Crippen LogP contribution in [0.25, 0.3) is 0 Å². The van der Waals surface area contributed by atoms with E-state index < -0.39 is 18.0 Å². The van der Waals surface area contributed by atoms with Crippen LogP contribution in [0.15, 0.2) is 0 Å². The normalized spacial score (nSPS) is 31.1. The molecule has 0 aromatic heterocycles. The van der Waals surface area contributed by atoms with E-state index in [0.29, 0.717) is 6.42 Å². The van der Waals surface area contributed by atoms with Crippen molar-refractivity contribution in [2.24, 2.45) is 11.5 Å². The van der Waals surface area contributed by atoms with Crippen molar-refractivity contribution < 1.29 is 9.59 Å². The second-order valence-corrected chi connectivity index (χ2v) is 2.71. The summed E-state index contributed by atoms with van der Waals surface area (Å²) in [6.45, 7) is 0. The molecule has 5 heteroatoms. The van der Waals surface area contributed by atoms with Gasteiger partial charge in [0.05, 0.1) is 6.04 Å². The first-order valence-corrected chi connectivity index (χ1v) is 3.35. The molecule has 0 spiro atoms. The molecule has 62 valence electrons. The molecule has 0 saturated carbocycles. The number of primary amides is 1. The molecule has 1 saturated heterocycles. The maximum atomic E-state index is 11.0. The average molecular weight is 157 g/mol. The monoisotopic (exact) mass is 157 g/mol. The van der Waals surface area contributed by atoms with Gasteiger partial charge in [0.1, 0.15) is 6.04 Å². The Bertz CT molecular complexity index is 204. The lowest BCUT2D eigenvalue weighted by Crippen LogP contribution is -2.39. The third-order valence-corrected chi connectivity index (χ3v) is 1.94. The number of nitrogens with two attached hydrogens (primary N) is 2. The molecule has 1 aliphatic rings. The zero-order valence-electron chi connectivity index (χ0n) is 6.28. The third-order valence-electron chi connectivity index (χ3n) is 1.94. The Kier molecular flexibility index (Phi) is 1.82. The number of rotatable bonds is 1. The van der Waals surface area contributed by atoms with Crippen LogP contribution in [0.2, 0.25) is 0 Å². The van der Waals surface area contributed by atoms with E-state index in [4.69, 9.17) is 11.5 Å². The highest BCUT2D eigenvalue weighted by Crippen LogP contribution is 2.14. The molecule has 1 fully saturated rings. The summed E-state index contributed by atoms with van der Waals surface area (Å²) in [6.07, 6.45) is 0.338. The van der Waals surface area contributed by atoms with Crippen LogP contribution in [0.4, 0.5) is 0 Å². The lowest BCUT2D eigenvalue weighted by Gasteiger charge is -2.14. The van der Waals surface area contributed by atoms with Gasteiger partial charge in [-0.15, -0.1) is 0 Å². The van der Waals surface area contributed by atoms with Gasteiger partial charge in [-0.1, -0.05) is 0 Å². The molecule has 0 aromatic rings. The molecule has 0 aromatic carbocycles. The fourth-order valence-electron chi connectivity index (χ4n) is 1.22. The van der Waals surface area contributed by atoms with Crippen LogP contribution in [0.5, 0.6) is 0 Å². The minimum atomic E-state index is -0.558. The second-order valence-electron chi connectivity index (χ2n) is 2.71. The smallest absolute Gasteiger partial charge is 0.240 e. The molecule has 0 aliphatic carbocycles. The summed E-state index contributed by atoms with van der Waals surface area (Å²) < 4.78 is 0. The summed E-state index contributed by atoms with van der Waals surface area (Å²) in [5.74, 6) is -0.706. The summed E-state index contributed by atoms with van der Waals surface area (Å²) in [4.78, 5) is 23.0. The highest BCUT2D eigenvalue weighted by Gasteiger charge is 2.37. The lowest BCUT2D eigenvalue weighted by atomic mass is 10.2. The first-order chi connectivity index (χ1) is 5.04. The Morgan fingerprint density at radius 2 is 2.27 bits per heavy atom. The first-order valence-electron chi connectivity index (χ1n) is 3.35. The van der Waals surface area contributed by atoms with Gasteiger partial charge in [0.25, 0.3) is 0 Å². The summed E-state index contributed by atoms with van der Waals surface area (Å²) in [6, 6.07) is -1.07. The quantitative estimate of drug-likeness (QED) is 0.462. The summed E-state index contributed by atoms with van der Waals surface area (Å²) in [5, 5.41) is 0. The van der Waals surface area contributed by atoms with Gasteiger partial charge < -0.3 is 16.4 Å². The van der Waals surface area contributed by atoms with Gasteiger partial charge in [-0.05, 0) is 0 Å². The molecule has 1 heterocycles. The van der Waals surface area contributed by atoms with Gasteiger partial charge in [-0.2, -0.15) is 0 Å². The maximum absolute atomic E-state index is 11.0. The maximum Gasteiger partial charge on any atom is 0.240 e. The van der Waals surface area contributed by atoms with Crippen molar-refractivity contribution in [2.45, 2.75) is 18.5 Å². The second kappa shape index (κ2) is 2.50. The van der Waals surface area contributed by atoms with Gasteiger partial charge >= 0.3 is 0 Å². The molecule has 11 heavy (non-hydrogen) atoms. The molecular formula is C6H11N3O2. The molecule has 5 nitrogen and oxygen atoms in total. The predicted octanol–water partition coefficient (Wildman–Crippen LogP) is -1.97. The Labute approximate surface area is 64.3 Å². The van der Waals surface area contributed by atoms with E-state index in [-0.39, 0.29) is 5.91 Å². The number of nitrogens with zero attached hydrogens (tertiary/aromatic N) is 1.